The number of amides is 2. The highest BCUT2D eigenvalue weighted by Gasteiger charge is 2.13. The van der Waals surface area contributed by atoms with E-state index in [0.29, 0.717) is 21.2 Å². The number of hydrogen-bond acceptors (Lipinski definition) is 3. The lowest BCUT2D eigenvalue weighted by atomic mass is 10.2. The molecule has 0 saturated heterocycles. The van der Waals surface area contributed by atoms with Gasteiger partial charge in [-0.3, -0.25) is 9.59 Å². The van der Waals surface area contributed by atoms with Gasteiger partial charge in [-0.2, -0.15) is 0 Å². The van der Waals surface area contributed by atoms with E-state index in [9.17, 15) is 9.59 Å². The number of primary amides is 1. The van der Waals surface area contributed by atoms with Crippen molar-refractivity contribution in [2.45, 2.75) is 11.8 Å². The first-order valence-electron chi connectivity index (χ1n) is 6.55. The number of carbonyl (C=O) groups is 2. The molecule has 0 aliphatic carbocycles. The van der Waals surface area contributed by atoms with E-state index in [1.807, 2.05) is 13.0 Å². The zero-order chi connectivity index (χ0) is 16.1. The first-order valence-corrected chi connectivity index (χ1v) is 7.91. The summed E-state index contributed by atoms with van der Waals surface area (Å²) in [5, 5.41) is 3.26. The number of aryl methyl sites for hydroxylation is 1. The highest BCUT2D eigenvalue weighted by atomic mass is 35.5. The minimum Gasteiger partial charge on any atom is -0.369 e. The fourth-order valence-corrected chi connectivity index (χ4v) is 2.91. The molecule has 6 heteroatoms. The summed E-state index contributed by atoms with van der Waals surface area (Å²) >= 11 is 7.35. The van der Waals surface area contributed by atoms with Crippen LogP contribution < -0.4 is 11.1 Å². The van der Waals surface area contributed by atoms with Gasteiger partial charge in [0, 0.05) is 4.90 Å². The quantitative estimate of drug-likeness (QED) is 0.822. The van der Waals surface area contributed by atoms with Gasteiger partial charge in [0.25, 0.3) is 5.91 Å². The van der Waals surface area contributed by atoms with Crippen molar-refractivity contribution < 1.29 is 9.59 Å². The number of nitrogens with two attached hydrogens (primary N) is 1. The average molecular weight is 335 g/mol. The lowest BCUT2D eigenvalue weighted by Crippen LogP contribution is -2.15. The summed E-state index contributed by atoms with van der Waals surface area (Å²) < 4.78 is 0. The van der Waals surface area contributed by atoms with Crippen molar-refractivity contribution >= 4 is 40.9 Å². The highest BCUT2D eigenvalue weighted by molar-refractivity contribution is 8.00. The number of anilines is 1. The third kappa shape index (κ3) is 4.26. The van der Waals surface area contributed by atoms with Crippen LogP contribution in [0.25, 0.3) is 0 Å². The number of thioether (sulfide) groups is 1. The molecule has 3 N–H and O–H groups in total. The van der Waals surface area contributed by atoms with Gasteiger partial charge >= 0.3 is 0 Å². The third-order valence-electron chi connectivity index (χ3n) is 2.87. The second-order valence-electron chi connectivity index (χ2n) is 4.69. The average Bonchev–Trinajstić information content (AvgIpc) is 2.48. The predicted molar refractivity (Wildman–Crippen MR) is 90.5 cm³/mol. The van der Waals surface area contributed by atoms with Crippen LogP contribution >= 0.6 is 23.4 Å². The molecule has 0 bridgehead atoms. The molecule has 2 aromatic rings. The van der Waals surface area contributed by atoms with Gasteiger partial charge in [0.2, 0.25) is 5.91 Å². The molecule has 0 spiro atoms. The monoisotopic (exact) mass is 334 g/mol. The molecule has 0 saturated carbocycles. The van der Waals surface area contributed by atoms with Gasteiger partial charge in [-0.25, -0.2) is 0 Å². The van der Waals surface area contributed by atoms with Gasteiger partial charge in [-0.05, 0) is 36.8 Å². The molecule has 114 valence electrons. The van der Waals surface area contributed by atoms with Crippen LogP contribution in [0.1, 0.15) is 15.9 Å². The summed E-state index contributed by atoms with van der Waals surface area (Å²) in [6, 6.07) is 12.5. The van der Waals surface area contributed by atoms with E-state index in [2.05, 4.69) is 5.32 Å². The normalized spacial score (nSPS) is 10.3. The van der Waals surface area contributed by atoms with Gasteiger partial charge in [-0.15, -0.1) is 11.8 Å². The molecule has 0 atom stereocenters. The number of nitrogens with one attached hydrogen (secondary N) is 1. The van der Waals surface area contributed by atoms with E-state index < -0.39 is 5.91 Å². The first kappa shape index (κ1) is 16.4. The lowest BCUT2D eigenvalue weighted by Gasteiger charge is -2.11. The van der Waals surface area contributed by atoms with E-state index in [0.717, 1.165) is 5.56 Å². The van der Waals surface area contributed by atoms with Gasteiger partial charge in [-0.1, -0.05) is 29.8 Å². The van der Waals surface area contributed by atoms with Crippen LogP contribution in [0, 0.1) is 6.92 Å². The molecule has 0 radical (unpaired) electrons. The molecule has 0 heterocycles. The van der Waals surface area contributed by atoms with Crippen molar-refractivity contribution in [3.8, 4) is 0 Å². The van der Waals surface area contributed by atoms with Crippen LogP contribution in [0.2, 0.25) is 5.02 Å². The largest absolute Gasteiger partial charge is 0.369 e. The molecule has 0 aliphatic rings. The van der Waals surface area contributed by atoms with Crippen molar-refractivity contribution in [1.82, 2.24) is 0 Å². The maximum absolute atomic E-state index is 12.4. The summed E-state index contributed by atoms with van der Waals surface area (Å²) in [4.78, 5) is 24.0. The molecular formula is C16H15ClN2O2S. The molecule has 0 aromatic heterocycles. The zero-order valence-corrected chi connectivity index (χ0v) is 13.5. The third-order valence-corrected chi connectivity index (χ3v) is 4.28. The topological polar surface area (TPSA) is 72.2 Å². The minimum absolute atomic E-state index is 0.121. The van der Waals surface area contributed by atoms with E-state index in [1.54, 1.807) is 36.4 Å². The summed E-state index contributed by atoms with van der Waals surface area (Å²) in [7, 11) is 0. The minimum atomic E-state index is -0.429. The number of halogens is 1. The van der Waals surface area contributed by atoms with Crippen LogP contribution in [-0.4, -0.2) is 17.6 Å². The van der Waals surface area contributed by atoms with Crippen molar-refractivity contribution in [2.24, 2.45) is 5.73 Å². The molecule has 0 fully saturated rings. The second kappa shape index (κ2) is 7.33. The van der Waals surface area contributed by atoms with E-state index in [4.69, 9.17) is 17.3 Å². The molecule has 2 rings (SSSR count). The Balaban J connectivity index is 2.20. The first-order chi connectivity index (χ1) is 10.5. The number of hydrogen-bond donors (Lipinski definition) is 2. The van der Waals surface area contributed by atoms with Crippen LogP contribution in [0.4, 0.5) is 5.69 Å². The fraction of sp³-hybridized carbons (Fsp3) is 0.125. The summed E-state index contributed by atoms with van der Waals surface area (Å²) in [6.07, 6.45) is 0. The lowest BCUT2D eigenvalue weighted by molar-refractivity contribution is -0.115. The Morgan fingerprint density at radius 1 is 1.23 bits per heavy atom. The van der Waals surface area contributed by atoms with Crippen molar-refractivity contribution in [3.05, 3.63) is 58.6 Å². The summed E-state index contributed by atoms with van der Waals surface area (Å²) in [5.41, 5.74) is 7.19. The standard InChI is InChI=1S/C16H15ClN2O2S/c1-10-6-7-13(12(17)8-10)19-16(21)11-4-2-3-5-14(11)22-9-15(18)20/h2-8H,9H2,1H3,(H2,18,20)(H,19,21). The second-order valence-corrected chi connectivity index (χ2v) is 6.11. The van der Waals surface area contributed by atoms with Crippen LogP contribution in [0.5, 0.6) is 0 Å². The maximum Gasteiger partial charge on any atom is 0.256 e. The van der Waals surface area contributed by atoms with Crippen molar-refractivity contribution in [1.29, 1.82) is 0 Å². The number of rotatable bonds is 5. The van der Waals surface area contributed by atoms with Crippen molar-refractivity contribution in [2.75, 3.05) is 11.1 Å². The number of benzene rings is 2. The van der Waals surface area contributed by atoms with Crippen LogP contribution in [0.3, 0.4) is 0 Å². The van der Waals surface area contributed by atoms with Gasteiger partial charge in [0.15, 0.2) is 0 Å². The molecule has 22 heavy (non-hydrogen) atoms. The molecule has 2 amide bonds. The Morgan fingerprint density at radius 2 is 1.95 bits per heavy atom. The maximum atomic E-state index is 12.4. The fourth-order valence-electron chi connectivity index (χ4n) is 1.84. The Hall–Kier alpha value is -1.98. The highest BCUT2D eigenvalue weighted by Crippen LogP contribution is 2.26. The smallest absolute Gasteiger partial charge is 0.256 e. The Morgan fingerprint density at radius 3 is 2.64 bits per heavy atom. The Bertz CT molecular complexity index is 719. The van der Waals surface area contributed by atoms with Gasteiger partial charge in [0.05, 0.1) is 22.0 Å². The molecule has 0 aliphatic heterocycles. The Labute approximate surface area is 138 Å². The van der Waals surface area contributed by atoms with Crippen molar-refractivity contribution in [3.63, 3.8) is 0 Å². The van der Waals surface area contributed by atoms with Crippen LogP contribution in [-0.2, 0) is 4.79 Å². The van der Waals surface area contributed by atoms with Gasteiger partial charge in [0.1, 0.15) is 0 Å². The van der Waals surface area contributed by atoms with E-state index >= 15 is 0 Å². The number of carbonyl (C=O) groups excluding carboxylic acids is 2. The zero-order valence-electron chi connectivity index (χ0n) is 11.9. The SMILES string of the molecule is Cc1ccc(NC(=O)c2ccccc2SCC(N)=O)c(Cl)c1. The van der Waals surface area contributed by atoms with Gasteiger partial charge < -0.3 is 11.1 Å². The molecular weight excluding hydrogens is 320 g/mol. The van der Waals surface area contributed by atoms with E-state index in [-0.39, 0.29) is 11.7 Å². The van der Waals surface area contributed by atoms with Crippen LogP contribution in [0.15, 0.2) is 47.4 Å². The summed E-state index contributed by atoms with van der Waals surface area (Å²) in [6.45, 7) is 1.92. The Kier molecular flexibility index (Phi) is 5.46. The molecule has 0 unspecified atom stereocenters. The predicted octanol–water partition coefficient (Wildman–Crippen LogP) is 3.48. The van der Waals surface area contributed by atoms with E-state index in [1.165, 1.54) is 11.8 Å². The molecule has 4 nitrogen and oxygen atoms in total. The molecule has 2 aromatic carbocycles. The summed E-state index contributed by atoms with van der Waals surface area (Å²) in [5.74, 6) is -0.588.